The fourth-order valence-electron chi connectivity index (χ4n) is 3.13. The van der Waals surface area contributed by atoms with Gasteiger partial charge in [0.25, 0.3) is 0 Å². The predicted molar refractivity (Wildman–Crippen MR) is 70.7 cm³/mol. The van der Waals surface area contributed by atoms with Gasteiger partial charge in [0.15, 0.2) is 6.19 Å². The standard InChI is InChI=1S/C16H12N2/c17-10-18-15-7-3-1-5-11(15)13-9-14(13)12-6-2-4-8-16(12)18/h1-8,13-14H,9H2. The molecule has 2 aromatic carbocycles. The SMILES string of the molecule is N#CN1c2ccccc2C2CC2c2ccccc21. The number of nitriles is 1. The van der Waals surface area contributed by atoms with Gasteiger partial charge >= 0.3 is 0 Å². The molecule has 1 heterocycles. The molecule has 0 radical (unpaired) electrons. The second-order valence-corrected chi connectivity index (χ2v) is 5.00. The summed E-state index contributed by atoms with van der Waals surface area (Å²) in [5.41, 5.74) is 4.75. The summed E-state index contributed by atoms with van der Waals surface area (Å²) < 4.78 is 0. The average Bonchev–Trinajstić information content (AvgIpc) is 3.20. The first kappa shape index (κ1) is 9.73. The molecule has 2 nitrogen and oxygen atoms in total. The van der Waals surface area contributed by atoms with E-state index in [1.165, 1.54) is 17.5 Å². The minimum atomic E-state index is 0.598. The van der Waals surface area contributed by atoms with Gasteiger partial charge in [-0.15, -0.1) is 0 Å². The van der Waals surface area contributed by atoms with Gasteiger partial charge in [0.2, 0.25) is 0 Å². The highest BCUT2D eigenvalue weighted by molar-refractivity contribution is 5.77. The van der Waals surface area contributed by atoms with Crippen LogP contribution in [0.4, 0.5) is 11.4 Å². The molecule has 1 aliphatic carbocycles. The first-order chi connectivity index (χ1) is 8.90. The Hall–Kier alpha value is -2.27. The molecule has 2 heteroatoms. The van der Waals surface area contributed by atoms with Crippen molar-refractivity contribution in [1.82, 2.24) is 0 Å². The Labute approximate surface area is 106 Å². The number of nitrogens with zero attached hydrogens (tertiary/aromatic N) is 2. The van der Waals surface area contributed by atoms with Crippen molar-refractivity contribution in [2.24, 2.45) is 0 Å². The lowest BCUT2D eigenvalue weighted by Crippen LogP contribution is -2.11. The molecule has 0 bridgehead atoms. The van der Waals surface area contributed by atoms with E-state index in [1.807, 2.05) is 12.1 Å². The van der Waals surface area contributed by atoms with Crippen molar-refractivity contribution in [3.8, 4) is 6.19 Å². The van der Waals surface area contributed by atoms with E-state index in [4.69, 9.17) is 0 Å². The lowest BCUT2D eigenvalue weighted by Gasteiger charge is -2.19. The zero-order valence-electron chi connectivity index (χ0n) is 9.88. The third kappa shape index (κ3) is 1.16. The largest absolute Gasteiger partial charge is 0.247 e. The van der Waals surface area contributed by atoms with Crippen molar-refractivity contribution >= 4 is 11.4 Å². The first-order valence-corrected chi connectivity index (χ1v) is 6.28. The second-order valence-electron chi connectivity index (χ2n) is 5.00. The molecule has 2 aliphatic rings. The van der Waals surface area contributed by atoms with Crippen LogP contribution in [-0.2, 0) is 0 Å². The van der Waals surface area contributed by atoms with Gasteiger partial charge in [0.1, 0.15) is 0 Å². The Kier molecular flexibility index (Phi) is 1.82. The highest BCUT2D eigenvalue weighted by Gasteiger charge is 2.45. The number of para-hydroxylation sites is 2. The smallest absolute Gasteiger partial charge is 0.189 e. The van der Waals surface area contributed by atoms with E-state index in [9.17, 15) is 5.26 Å². The predicted octanol–water partition coefficient (Wildman–Crippen LogP) is 3.89. The van der Waals surface area contributed by atoms with Gasteiger partial charge in [-0.2, -0.15) is 5.26 Å². The van der Waals surface area contributed by atoms with Crippen molar-refractivity contribution in [3.63, 3.8) is 0 Å². The number of anilines is 2. The summed E-state index contributed by atoms with van der Waals surface area (Å²) in [6.45, 7) is 0. The van der Waals surface area contributed by atoms with Crippen LogP contribution in [0.15, 0.2) is 48.5 Å². The molecule has 1 aliphatic heterocycles. The molecule has 0 aromatic heterocycles. The van der Waals surface area contributed by atoms with Gasteiger partial charge in [-0.3, -0.25) is 0 Å². The van der Waals surface area contributed by atoms with Crippen LogP contribution < -0.4 is 4.90 Å². The van der Waals surface area contributed by atoms with Gasteiger partial charge in [-0.1, -0.05) is 36.4 Å². The normalized spacial score (nSPS) is 23.2. The van der Waals surface area contributed by atoms with Crippen LogP contribution in [0.3, 0.4) is 0 Å². The number of rotatable bonds is 0. The van der Waals surface area contributed by atoms with E-state index in [-0.39, 0.29) is 0 Å². The maximum absolute atomic E-state index is 9.49. The van der Waals surface area contributed by atoms with Crippen LogP contribution in [0.1, 0.15) is 29.4 Å². The Morgan fingerprint density at radius 3 is 1.89 bits per heavy atom. The van der Waals surface area contributed by atoms with E-state index in [0.29, 0.717) is 11.8 Å². The molecule has 0 N–H and O–H groups in total. The fourth-order valence-corrected chi connectivity index (χ4v) is 3.13. The van der Waals surface area contributed by atoms with Crippen molar-refractivity contribution in [3.05, 3.63) is 59.7 Å². The Morgan fingerprint density at radius 1 is 0.889 bits per heavy atom. The highest BCUT2D eigenvalue weighted by Crippen LogP contribution is 2.61. The summed E-state index contributed by atoms with van der Waals surface area (Å²) in [5, 5.41) is 9.49. The van der Waals surface area contributed by atoms with E-state index >= 15 is 0 Å². The molecule has 2 unspecified atom stereocenters. The van der Waals surface area contributed by atoms with Crippen LogP contribution in [0.5, 0.6) is 0 Å². The third-order valence-electron chi connectivity index (χ3n) is 4.04. The van der Waals surface area contributed by atoms with E-state index in [0.717, 1.165) is 11.4 Å². The highest BCUT2D eigenvalue weighted by atomic mass is 15.1. The summed E-state index contributed by atoms with van der Waals surface area (Å²) in [5.74, 6) is 1.20. The number of hydrogen-bond acceptors (Lipinski definition) is 2. The maximum Gasteiger partial charge on any atom is 0.189 e. The number of hydrogen-bond donors (Lipinski definition) is 0. The molecule has 0 saturated heterocycles. The van der Waals surface area contributed by atoms with Crippen LogP contribution >= 0.6 is 0 Å². The summed E-state index contributed by atoms with van der Waals surface area (Å²) in [4.78, 5) is 1.77. The van der Waals surface area contributed by atoms with Crippen molar-refractivity contribution in [2.45, 2.75) is 18.3 Å². The first-order valence-electron chi connectivity index (χ1n) is 6.28. The topological polar surface area (TPSA) is 27.0 Å². The average molecular weight is 232 g/mol. The minimum Gasteiger partial charge on any atom is -0.247 e. The molecule has 1 fully saturated rings. The molecular formula is C16H12N2. The van der Waals surface area contributed by atoms with Gasteiger partial charge < -0.3 is 0 Å². The Balaban J connectivity index is 2.02. The summed E-state index contributed by atoms with van der Waals surface area (Å²) in [6, 6.07) is 16.6. The molecule has 2 aromatic rings. The molecule has 0 amide bonds. The van der Waals surface area contributed by atoms with Crippen molar-refractivity contribution in [1.29, 1.82) is 5.26 Å². The van der Waals surface area contributed by atoms with E-state index in [2.05, 4.69) is 42.6 Å². The Morgan fingerprint density at radius 2 is 1.39 bits per heavy atom. The van der Waals surface area contributed by atoms with Gasteiger partial charge in [0, 0.05) is 0 Å². The lowest BCUT2D eigenvalue weighted by molar-refractivity contribution is 1.05. The van der Waals surface area contributed by atoms with Gasteiger partial charge in [-0.05, 0) is 41.5 Å². The molecule has 86 valence electrons. The number of fused-ring (bicyclic) bond motifs is 5. The van der Waals surface area contributed by atoms with Gasteiger partial charge in [0.05, 0.1) is 11.4 Å². The monoisotopic (exact) mass is 232 g/mol. The third-order valence-corrected chi connectivity index (χ3v) is 4.04. The molecule has 4 rings (SSSR count). The summed E-state index contributed by atoms with van der Waals surface area (Å²) in [6.07, 6.45) is 3.55. The second kappa shape index (κ2) is 3.36. The van der Waals surface area contributed by atoms with Crippen LogP contribution in [-0.4, -0.2) is 0 Å². The minimum absolute atomic E-state index is 0.598. The molecule has 18 heavy (non-hydrogen) atoms. The molecule has 1 saturated carbocycles. The summed E-state index contributed by atoms with van der Waals surface area (Å²) >= 11 is 0. The fraction of sp³-hybridized carbons (Fsp3) is 0.188. The zero-order valence-corrected chi connectivity index (χ0v) is 9.88. The maximum atomic E-state index is 9.49. The van der Waals surface area contributed by atoms with Crippen LogP contribution in [0, 0.1) is 11.5 Å². The lowest BCUT2D eigenvalue weighted by atomic mass is 10.0. The quantitative estimate of drug-likeness (QED) is 0.644. The van der Waals surface area contributed by atoms with Crippen molar-refractivity contribution in [2.75, 3.05) is 4.90 Å². The van der Waals surface area contributed by atoms with Gasteiger partial charge in [-0.25, -0.2) is 4.90 Å². The van der Waals surface area contributed by atoms with E-state index in [1.54, 1.807) is 4.90 Å². The van der Waals surface area contributed by atoms with Crippen molar-refractivity contribution < 1.29 is 0 Å². The molecule has 2 atom stereocenters. The Bertz CT molecular complexity index is 617. The summed E-state index contributed by atoms with van der Waals surface area (Å²) in [7, 11) is 0. The van der Waals surface area contributed by atoms with Crippen LogP contribution in [0.2, 0.25) is 0 Å². The molecule has 0 spiro atoms. The molecular weight excluding hydrogens is 220 g/mol. The van der Waals surface area contributed by atoms with E-state index < -0.39 is 0 Å². The van der Waals surface area contributed by atoms with Crippen LogP contribution in [0.25, 0.3) is 0 Å². The number of benzene rings is 2. The zero-order chi connectivity index (χ0) is 12.1.